The summed E-state index contributed by atoms with van der Waals surface area (Å²) in [5.41, 5.74) is 0. The number of unbranched alkanes of at least 4 members (excludes halogenated alkanes) is 28. The van der Waals surface area contributed by atoms with Crippen LogP contribution in [0, 0.1) is 5.92 Å². The topological polar surface area (TPSA) is 0 Å². The highest BCUT2D eigenvalue weighted by Gasteiger charge is 2.09. The molecule has 0 bridgehead atoms. The molecular formula is C38H78. The Morgan fingerprint density at radius 1 is 0.211 bits per heavy atom. The Kier molecular flexibility index (Phi) is 35.0. The average Bonchev–Trinajstić information content (AvgIpc) is 2.93. The molecule has 0 saturated heterocycles. The van der Waals surface area contributed by atoms with Crippen molar-refractivity contribution in [1.29, 1.82) is 0 Å². The van der Waals surface area contributed by atoms with Gasteiger partial charge in [-0.15, -0.1) is 0 Å². The van der Waals surface area contributed by atoms with Crippen LogP contribution in [0.3, 0.4) is 0 Å². The molecule has 0 nitrogen and oxygen atoms in total. The van der Waals surface area contributed by atoms with Gasteiger partial charge in [0.25, 0.3) is 0 Å². The SMILES string of the molecule is CCCCCCCCCCCCCCCCCC(CCCCCCCC)CCCCCCCCCCCC. The van der Waals surface area contributed by atoms with Gasteiger partial charge in [0, 0.05) is 0 Å². The molecule has 0 aliphatic carbocycles. The van der Waals surface area contributed by atoms with Gasteiger partial charge in [-0.3, -0.25) is 0 Å². The van der Waals surface area contributed by atoms with E-state index in [1.807, 2.05) is 0 Å². The van der Waals surface area contributed by atoms with Crippen molar-refractivity contribution in [3.8, 4) is 0 Å². The van der Waals surface area contributed by atoms with Crippen molar-refractivity contribution in [2.45, 2.75) is 239 Å². The van der Waals surface area contributed by atoms with Gasteiger partial charge in [-0.1, -0.05) is 239 Å². The molecule has 1 atom stereocenters. The molecule has 0 aliphatic rings. The van der Waals surface area contributed by atoms with Crippen LogP contribution in [0.25, 0.3) is 0 Å². The number of rotatable bonds is 34. The molecule has 230 valence electrons. The highest BCUT2D eigenvalue weighted by molar-refractivity contribution is 4.62. The molecule has 0 aliphatic heterocycles. The molecule has 0 spiro atoms. The molecule has 0 aromatic rings. The van der Waals surface area contributed by atoms with Crippen molar-refractivity contribution in [3.05, 3.63) is 0 Å². The zero-order chi connectivity index (χ0) is 27.6. The number of hydrogen-bond acceptors (Lipinski definition) is 0. The molecule has 0 heteroatoms. The Morgan fingerprint density at radius 3 is 0.553 bits per heavy atom. The van der Waals surface area contributed by atoms with Crippen LogP contribution in [0.5, 0.6) is 0 Å². The monoisotopic (exact) mass is 535 g/mol. The molecule has 0 rings (SSSR count). The summed E-state index contributed by atoms with van der Waals surface area (Å²) in [6.07, 6.45) is 50.3. The van der Waals surface area contributed by atoms with E-state index < -0.39 is 0 Å². The van der Waals surface area contributed by atoms with Crippen molar-refractivity contribution < 1.29 is 0 Å². The van der Waals surface area contributed by atoms with Crippen molar-refractivity contribution in [2.75, 3.05) is 0 Å². The lowest BCUT2D eigenvalue weighted by Gasteiger charge is -2.17. The zero-order valence-corrected chi connectivity index (χ0v) is 27.6. The van der Waals surface area contributed by atoms with Crippen LogP contribution in [0.15, 0.2) is 0 Å². The van der Waals surface area contributed by atoms with E-state index in [0.29, 0.717) is 0 Å². The van der Waals surface area contributed by atoms with Gasteiger partial charge in [-0.05, 0) is 5.92 Å². The molecule has 0 radical (unpaired) electrons. The highest BCUT2D eigenvalue weighted by Crippen LogP contribution is 2.25. The first-order valence-electron chi connectivity index (χ1n) is 18.8. The first kappa shape index (κ1) is 38.0. The van der Waals surface area contributed by atoms with Gasteiger partial charge >= 0.3 is 0 Å². The fraction of sp³-hybridized carbons (Fsp3) is 1.00. The Labute approximate surface area is 244 Å². The Balaban J connectivity index is 3.73. The van der Waals surface area contributed by atoms with Gasteiger partial charge in [-0.25, -0.2) is 0 Å². The third-order valence-electron chi connectivity index (χ3n) is 9.15. The fourth-order valence-electron chi connectivity index (χ4n) is 6.37. The fourth-order valence-corrected chi connectivity index (χ4v) is 6.37. The van der Waals surface area contributed by atoms with Gasteiger partial charge in [-0.2, -0.15) is 0 Å². The molecule has 0 N–H and O–H groups in total. The van der Waals surface area contributed by atoms with Gasteiger partial charge in [0.05, 0.1) is 0 Å². The van der Waals surface area contributed by atoms with E-state index in [1.165, 1.54) is 218 Å². The van der Waals surface area contributed by atoms with Crippen LogP contribution in [0.4, 0.5) is 0 Å². The van der Waals surface area contributed by atoms with Gasteiger partial charge < -0.3 is 0 Å². The van der Waals surface area contributed by atoms with Crippen molar-refractivity contribution in [2.24, 2.45) is 5.92 Å². The van der Waals surface area contributed by atoms with Crippen LogP contribution in [-0.2, 0) is 0 Å². The van der Waals surface area contributed by atoms with Crippen LogP contribution in [-0.4, -0.2) is 0 Å². The molecule has 0 saturated carbocycles. The number of hydrogen-bond donors (Lipinski definition) is 0. The van der Waals surface area contributed by atoms with Crippen LogP contribution in [0.1, 0.15) is 239 Å². The minimum atomic E-state index is 1.04. The third kappa shape index (κ3) is 32.2. The normalized spacial score (nSPS) is 12.4. The minimum Gasteiger partial charge on any atom is -0.0654 e. The summed E-state index contributed by atoms with van der Waals surface area (Å²) in [6.45, 7) is 6.97. The lowest BCUT2D eigenvalue weighted by molar-refractivity contribution is 0.365. The van der Waals surface area contributed by atoms with E-state index in [9.17, 15) is 0 Å². The minimum absolute atomic E-state index is 1.04. The first-order valence-corrected chi connectivity index (χ1v) is 18.8. The lowest BCUT2D eigenvalue weighted by atomic mass is 9.89. The summed E-state index contributed by atoms with van der Waals surface area (Å²) in [7, 11) is 0. The molecule has 38 heavy (non-hydrogen) atoms. The average molecular weight is 535 g/mol. The Bertz CT molecular complexity index is 385. The maximum atomic E-state index is 2.33. The van der Waals surface area contributed by atoms with E-state index >= 15 is 0 Å². The standard InChI is InChI=1S/C38H78/c1-4-7-10-13-16-18-20-21-22-23-24-26-28-31-34-37-38(35-32-29-15-12-9-6-3)36-33-30-27-25-19-17-14-11-8-5-2/h38H,4-37H2,1-3H3. The third-order valence-corrected chi connectivity index (χ3v) is 9.15. The summed E-state index contributed by atoms with van der Waals surface area (Å²) < 4.78 is 0. The van der Waals surface area contributed by atoms with E-state index in [-0.39, 0.29) is 0 Å². The second kappa shape index (κ2) is 35.0. The second-order valence-electron chi connectivity index (χ2n) is 13.1. The van der Waals surface area contributed by atoms with Gasteiger partial charge in [0.2, 0.25) is 0 Å². The second-order valence-corrected chi connectivity index (χ2v) is 13.1. The predicted octanol–water partition coefficient (Wildman–Crippen LogP) is 14.9. The quantitative estimate of drug-likeness (QED) is 0.0720. The van der Waals surface area contributed by atoms with Crippen LogP contribution in [0.2, 0.25) is 0 Å². The van der Waals surface area contributed by atoms with Crippen molar-refractivity contribution in [1.82, 2.24) is 0 Å². The van der Waals surface area contributed by atoms with Crippen LogP contribution < -0.4 is 0 Å². The predicted molar refractivity (Wildman–Crippen MR) is 177 cm³/mol. The molecule has 0 aromatic carbocycles. The van der Waals surface area contributed by atoms with Crippen molar-refractivity contribution >= 4 is 0 Å². The summed E-state index contributed by atoms with van der Waals surface area (Å²) in [5.74, 6) is 1.04. The largest absolute Gasteiger partial charge is 0.0654 e. The van der Waals surface area contributed by atoms with Crippen LogP contribution >= 0.6 is 0 Å². The zero-order valence-electron chi connectivity index (χ0n) is 27.6. The van der Waals surface area contributed by atoms with E-state index in [1.54, 1.807) is 0 Å². The summed E-state index contributed by atoms with van der Waals surface area (Å²) >= 11 is 0. The summed E-state index contributed by atoms with van der Waals surface area (Å²) in [4.78, 5) is 0. The van der Waals surface area contributed by atoms with Gasteiger partial charge in [0.15, 0.2) is 0 Å². The highest BCUT2D eigenvalue weighted by atomic mass is 14.1. The lowest BCUT2D eigenvalue weighted by Crippen LogP contribution is -2.01. The van der Waals surface area contributed by atoms with Crippen molar-refractivity contribution in [3.63, 3.8) is 0 Å². The smallest absolute Gasteiger partial charge is 0.0414 e. The van der Waals surface area contributed by atoms with Gasteiger partial charge in [0.1, 0.15) is 0 Å². The molecule has 0 aromatic heterocycles. The molecular weight excluding hydrogens is 456 g/mol. The van der Waals surface area contributed by atoms with E-state index in [0.717, 1.165) is 5.92 Å². The summed E-state index contributed by atoms with van der Waals surface area (Å²) in [6, 6.07) is 0. The van der Waals surface area contributed by atoms with E-state index in [2.05, 4.69) is 20.8 Å². The molecule has 1 unspecified atom stereocenters. The summed E-state index contributed by atoms with van der Waals surface area (Å²) in [5, 5.41) is 0. The Morgan fingerprint density at radius 2 is 0.368 bits per heavy atom. The molecule has 0 heterocycles. The van der Waals surface area contributed by atoms with E-state index in [4.69, 9.17) is 0 Å². The Hall–Kier alpha value is 0. The maximum absolute atomic E-state index is 2.33. The molecule has 0 fully saturated rings. The maximum Gasteiger partial charge on any atom is -0.0414 e. The molecule has 0 amide bonds. The first-order chi connectivity index (χ1) is 18.8.